The Bertz CT molecular complexity index is 1480. The summed E-state index contributed by atoms with van der Waals surface area (Å²) < 4.78 is 6.92. The molecule has 0 bridgehead atoms. The first-order valence-corrected chi connectivity index (χ1v) is 13.5. The van der Waals surface area contributed by atoms with E-state index in [-0.39, 0.29) is 41.5 Å². The molecule has 0 saturated heterocycles. The number of hydrogen-bond acceptors (Lipinski definition) is 10. The Balaban J connectivity index is 1.53. The topological polar surface area (TPSA) is 153 Å². The molecule has 0 aliphatic heterocycles. The van der Waals surface area contributed by atoms with E-state index in [2.05, 4.69) is 20.2 Å². The summed E-state index contributed by atoms with van der Waals surface area (Å²) >= 11 is 2.61. The molecular formula is C24H27N7O4S2. The Morgan fingerprint density at radius 2 is 2.03 bits per heavy atom. The summed E-state index contributed by atoms with van der Waals surface area (Å²) in [5, 5.41) is 11.2. The van der Waals surface area contributed by atoms with E-state index >= 15 is 0 Å². The summed E-state index contributed by atoms with van der Waals surface area (Å²) in [7, 11) is 0. The van der Waals surface area contributed by atoms with E-state index in [4.69, 9.17) is 10.2 Å². The number of unbranched alkanes of at least 4 members (excludes halogenated alkanes) is 1. The minimum atomic E-state index is -0.708. The fourth-order valence-corrected chi connectivity index (χ4v) is 4.92. The van der Waals surface area contributed by atoms with Crippen LogP contribution in [0.25, 0.3) is 0 Å². The molecule has 0 spiro atoms. The molecule has 3 N–H and O–H groups in total. The second-order valence-corrected chi connectivity index (χ2v) is 10.2. The van der Waals surface area contributed by atoms with Crippen LogP contribution in [0.15, 0.2) is 54.9 Å². The van der Waals surface area contributed by atoms with Gasteiger partial charge in [-0.25, -0.2) is 9.78 Å². The molecule has 3 heterocycles. The number of carbonyl (C=O) groups is 1. The minimum absolute atomic E-state index is 0.0419. The number of hydrogen-bond donors (Lipinski definition) is 2. The van der Waals surface area contributed by atoms with Gasteiger partial charge in [-0.1, -0.05) is 55.4 Å². The minimum Gasteiger partial charge on any atom is -0.416 e. The van der Waals surface area contributed by atoms with Crippen molar-refractivity contribution in [1.29, 1.82) is 0 Å². The van der Waals surface area contributed by atoms with Gasteiger partial charge in [-0.2, -0.15) is 0 Å². The van der Waals surface area contributed by atoms with Crippen LogP contribution >= 0.6 is 23.1 Å². The highest BCUT2D eigenvalue weighted by Gasteiger charge is 2.25. The van der Waals surface area contributed by atoms with Crippen LogP contribution in [0.3, 0.4) is 0 Å². The number of nitrogen functional groups attached to an aromatic ring is 1. The van der Waals surface area contributed by atoms with Crippen molar-refractivity contribution in [2.45, 2.75) is 44.9 Å². The molecule has 37 heavy (non-hydrogen) atoms. The number of benzene rings is 1. The molecule has 1 amide bonds. The third-order valence-corrected chi connectivity index (χ3v) is 7.10. The summed E-state index contributed by atoms with van der Waals surface area (Å²) in [5.41, 5.74) is 6.60. The van der Waals surface area contributed by atoms with Gasteiger partial charge >= 0.3 is 5.69 Å². The van der Waals surface area contributed by atoms with Gasteiger partial charge < -0.3 is 15.1 Å². The molecule has 4 aromatic rings. The first-order valence-electron chi connectivity index (χ1n) is 11.7. The normalized spacial score (nSPS) is 11.1. The van der Waals surface area contributed by atoms with Gasteiger partial charge in [-0.05, 0) is 18.9 Å². The molecule has 0 fully saturated rings. The standard InChI is InChI=1S/C24H27N7O4S2/c1-3-4-10-30(19(32)14-37-24-29-28-18(35-24)11-17-13-36-15(2)26-17)20-21(25)31(23(34)27-22(20)33)12-16-8-6-5-7-9-16/h5-9,13H,3-4,10-12,14,25H2,1-2H3,(H,27,33,34). The number of rotatable bonds is 11. The van der Waals surface area contributed by atoms with Crippen molar-refractivity contribution in [3.8, 4) is 0 Å². The van der Waals surface area contributed by atoms with E-state index in [0.717, 1.165) is 34.4 Å². The van der Waals surface area contributed by atoms with Gasteiger partial charge in [0.25, 0.3) is 10.8 Å². The van der Waals surface area contributed by atoms with Gasteiger partial charge in [0, 0.05) is 11.9 Å². The molecule has 194 valence electrons. The van der Waals surface area contributed by atoms with Crippen molar-refractivity contribution >= 4 is 40.5 Å². The van der Waals surface area contributed by atoms with Crippen LogP contribution in [0, 0.1) is 6.92 Å². The van der Waals surface area contributed by atoms with Gasteiger partial charge in [0.15, 0.2) is 5.69 Å². The molecular weight excluding hydrogens is 514 g/mol. The summed E-state index contributed by atoms with van der Waals surface area (Å²) in [5.74, 6) is -0.0874. The van der Waals surface area contributed by atoms with Crippen molar-refractivity contribution in [2.24, 2.45) is 0 Å². The zero-order valence-electron chi connectivity index (χ0n) is 20.5. The van der Waals surface area contributed by atoms with Gasteiger partial charge in [-0.15, -0.1) is 21.5 Å². The Kier molecular flexibility index (Phi) is 8.56. The van der Waals surface area contributed by atoms with E-state index in [1.54, 1.807) is 11.3 Å². The number of nitrogens with zero attached hydrogens (tertiary/aromatic N) is 5. The number of thioether (sulfide) groups is 1. The molecule has 0 unspecified atom stereocenters. The number of nitrogens with one attached hydrogen (secondary N) is 1. The van der Waals surface area contributed by atoms with Crippen LogP contribution in [-0.4, -0.2) is 42.9 Å². The van der Waals surface area contributed by atoms with Gasteiger partial charge in [0.05, 0.1) is 29.4 Å². The highest BCUT2D eigenvalue weighted by molar-refractivity contribution is 7.99. The molecule has 11 nitrogen and oxygen atoms in total. The number of aromatic nitrogens is 5. The van der Waals surface area contributed by atoms with Crippen LogP contribution in [0.4, 0.5) is 11.5 Å². The summed E-state index contributed by atoms with van der Waals surface area (Å²) in [6.45, 7) is 4.32. The predicted molar refractivity (Wildman–Crippen MR) is 143 cm³/mol. The molecule has 0 radical (unpaired) electrons. The van der Waals surface area contributed by atoms with E-state index < -0.39 is 11.2 Å². The summed E-state index contributed by atoms with van der Waals surface area (Å²) in [6, 6.07) is 9.25. The van der Waals surface area contributed by atoms with Gasteiger partial charge in [-0.3, -0.25) is 19.1 Å². The fraction of sp³-hybridized carbons (Fsp3) is 0.333. The Labute approximate surface area is 220 Å². The van der Waals surface area contributed by atoms with Crippen LogP contribution in [0.1, 0.15) is 41.9 Å². The number of H-pyrrole nitrogens is 1. The van der Waals surface area contributed by atoms with E-state index in [9.17, 15) is 14.4 Å². The maximum absolute atomic E-state index is 13.3. The quantitative estimate of drug-likeness (QED) is 0.273. The van der Waals surface area contributed by atoms with E-state index in [0.29, 0.717) is 18.7 Å². The number of aryl methyl sites for hydroxylation is 1. The first kappa shape index (κ1) is 26.4. The van der Waals surface area contributed by atoms with Crippen molar-refractivity contribution in [3.05, 3.63) is 78.7 Å². The maximum atomic E-state index is 13.3. The lowest BCUT2D eigenvalue weighted by atomic mass is 10.2. The van der Waals surface area contributed by atoms with E-state index in [1.165, 1.54) is 9.47 Å². The molecule has 0 aliphatic rings. The van der Waals surface area contributed by atoms with Crippen LogP contribution < -0.4 is 21.9 Å². The lowest BCUT2D eigenvalue weighted by Gasteiger charge is -2.24. The SMILES string of the molecule is CCCCN(C(=O)CSc1nnc(Cc2csc(C)n2)o1)c1c(N)n(Cc2ccccc2)c(=O)[nH]c1=O. The zero-order chi connectivity index (χ0) is 26.4. The number of aromatic amines is 1. The molecule has 3 aromatic heterocycles. The third-order valence-electron chi connectivity index (χ3n) is 5.47. The highest BCUT2D eigenvalue weighted by atomic mass is 32.2. The molecule has 0 atom stereocenters. The third kappa shape index (κ3) is 6.54. The van der Waals surface area contributed by atoms with Crippen molar-refractivity contribution in [1.82, 2.24) is 24.7 Å². The Hall–Kier alpha value is -3.71. The van der Waals surface area contributed by atoms with Crippen molar-refractivity contribution < 1.29 is 9.21 Å². The number of thiazole rings is 1. The maximum Gasteiger partial charge on any atom is 0.330 e. The Morgan fingerprint density at radius 3 is 2.73 bits per heavy atom. The summed E-state index contributed by atoms with van der Waals surface area (Å²) in [4.78, 5) is 46.7. The molecule has 0 saturated carbocycles. The smallest absolute Gasteiger partial charge is 0.330 e. The highest BCUT2D eigenvalue weighted by Crippen LogP contribution is 2.23. The lowest BCUT2D eigenvalue weighted by Crippen LogP contribution is -2.42. The van der Waals surface area contributed by atoms with Gasteiger partial charge in [0.2, 0.25) is 11.8 Å². The van der Waals surface area contributed by atoms with Crippen LogP contribution in [0.5, 0.6) is 0 Å². The van der Waals surface area contributed by atoms with Crippen LogP contribution in [-0.2, 0) is 17.8 Å². The monoisotopic (exact) mass is 541 g/mol. The molecule has 0 aliphatic carbocycles. The van der Waals surface area contributed by atoms with Crippen LogP contribution in [0.2, 0.25) is 0 Å². The number of amides is 1. The molecule has 13 heteroatoms. The van der Waals surface area contributed by atoms with Crippen molar-refractivity contribution in [3.63, 3.8) is 0 Å². The zero-order valence-corrected chi connectivity index (χ0v) is 22.1. The largest absolute Gasteiger partial charge is 0.416 e. The number of carbonyl (C=O) groups excluding carboxylic acids is 1. The second kappa shape index (κ2) is 12.0. The predicted octanol–water partition coefficient (Wildman–Crippen LogP) is 2.83. The lowest BCUT2D eigenvalue weighted by molar-refractivity contribution is -0.116. The average molecular weight is 542 g/mol. The summed E-state index contributed by atoms with van der Waals surface area (Å²) in [6.07, 6.45) is 1.84. The Morgan fingerprint density at radius 1 is 1.24 bits per heavy atom. The van der Waals surface area contributed by atoms with E-state index in [1.807, 2.05) is 49.6 Å². The first-order chi connectivity index (χ1) is 17.9. The fourth-order valence-electron chi connectivity index (χ4n) is 3.65. The van der Waals surface area contributed by atoms with Crippen molar-refractivity contribution in [2.75, 3.05) is 22.9 Å². The molecule has 1 aromatic carbocycles. The average Bonchev–Trinajstić information content (AvgIpc) is 3.51. The second-order valence-electron chi connectivity index (χ2n) is 8.25. The number of anilines is 2. The van der Waals surface area contributed by atoms with Gasteiger partial charge in [0.1, 0.15) is 5.82 Å². The molecule has 4 rings (SSSR count). The number of nitrogens with two attached hydrogens (primary N) is 1.